The van der Waals surface area contributed by atoms with Crippen molar-refractivity contribution in [2.24, 2.45) is 0 Å². The van der Waals surface area contributed by atoms with Crippen LogP contribution in [0.3, 0.4) is 0 Å². The number of hydrogen-bond donors (Lipinski definition) is 1. The van der Waals surface area contributed by atoms with Gasteiger partial charge in [0.15, 0.2) is 0 Å². The van der Waals surface area contributed by atoms with E-state index in [2.05, 4.69) is 0 Å². The van der Waals surface area contributed by atoms with Crippen molar-refractivity contribution in [3.05, 3.63) is 0 Å². The molecule has 1 N–H and O–H groups in total. The summed E-state index contributed by atoms with van der Waals surface area (Å²) in [5.74, 6) is -0.981. The lowest BCUT2D eigenvalue weighted by molar-refractivity contribution is -0.149. The van der Waals surface area contributed by atoms with Crippen LogP contribution >= 0.6 is 0 Å². The van der Waals surface area contributed by atoms with Crippen molar-refractivity contribution in [3.8, 4) is 0 Å². The first kappa shape index (κ1) is 14.2. The number of nitrogens with zero attached hydrogens (tertiary/aromatic N) is 1. The Labute approximate surface area is 86.9 Å². The molecule has 0 aromatic carbocycles. The molecule has 0 saturated heterocycles. The highest BCUT2D eigenvalue weighted by atomic mass is 19.4. The van der Waals surface area contributed by atoms with Gasteiger partial charge in [0.25, 0.3) is 0 Å². The molecular formula is C9H16F3NO2. The predicted molar refractivity (Wildman–Crippen MR) is 49.6 cm³/mol. The van der Waals surface area contributed by atoms with E-state index >= 15 is 0 Å². The largest absolute Gasteiger partial charge is 0.481 e. The van der Waals surface area contributed by atoms with Crippen LogP contribution in [-0.2, 0) is 4.79 Å². The zero-order valence-electron chi connectivity index (χ0n) is 8.84. The quantitative estimate of drug-likeness (QED) is 0.755. The van der Waals surface area contributed by atoms with Gasteiger partial charge in [0.1, 0.15) is 0 Å². The molecule has 0 unspecified atom stereocenters. The summed E-state index contributed by atoms with van der Waals surface area (Å²) in [5, 5.41) is 8.36. The second-order valence-electron chi connectivity index (χ2n) is 3.68. The van der Waals surface area contributed by atoms with E-state index < -0.39 is 18.7 Å². The molecule has 0 heterocycles. The van der Waals surface area contributed by atoms with Gasteiger partial charge in [-0.05, 0) is 26.8 Å². The number of hydrogen-bond acceptors (Lipinski definition) is 2. The van der Waals surface area contributed by atoms with Crippen molar-refractivity contribution in [2.75, 3.05) is 13.1 Å². The molecule has 0 bridgehead atoms. The Morgan fingerprint density at radius 3 is 2.27 bits per heavy atom. The third-order valence-electron chi connectivity index (χ3n) is 1.95. The first-order valence-corrected chi connectivity index (χ1v) is 4.75. The maximum absolute atomic E-state index is 12.1. The van der Waals surface area contributed by atoms with Crippen LogP contribution in [0.25, 0.3) is 0 Å². The van der Waals surface area contributed by atoms with Gasteiger partial charge >= 0.3 is 12.1 Å². The number of alkyl halides is 3. The molecule has 0 spiro atoms. The summed E-state index contributed by atoms with van der Waals surface area (Å²) in [6.07, 6.45) is -4.09. The second kappa shape index (κ2) is 5.95. The minimum Gasteiger partial charge on any atom is -0.481 e. The molecule has 0 aliphatic heterocycles. The van der Waals surface area contributed by atoms with Gasteiger partial charge in [-0.25, -0.2) is 0 Å². The standard InChI is InChI=1S/C9H16F3NO2/c1-7(2)13(6-9(10,11)12)5-3-4-8(14)15/h7H,3-6H2,1-2H3,(H,14,15). The highest BCUT2D eigenvalue weighted by molar-refractivity contribution is 5.66. The summed E-state index contributed by atoms with van der Waals surface area (Å²) >= 11 is 0. The van der Waals surface area contributed by atoms with Crippen LogP contribution in [0.5, 0.6) is 0 Å². The first-order chi connectivity index (χ1) is 6.72. The number of aliphatic carboxylic acids is 1. The van der Waals surface area contributed by atoms with Crippen molar-refractivity contribution in [1.29, 1.82) is 0 Å². The van der Waals surface area contributed by atoms with Crippen LogP contribution in [0, 0.1) is 0 Å². The van der Waals surface area contributed by atoms with Crippen molar-refractivity contribution >= 4 is 5.97 Å². The van der Waals surface area contributed by atoms with Crippen molar-refractivity contribution < 1.29 is 23.1 Å². The molecule has 0 amide bonds. The van der Waals surface area contributed by atoms with Gasteiger partial charge in [-0.2, -0.15) is 13.2 Å². The molecule has 0 fully saturated rings. The molecule has 15 heavy (non-hydrogen) atoms. The Hall–Kier alpha value is -0.780. The summed E-state index contributed by atoms with van der Waals surface area (Å²) in [6, 6.07) is -0.236. The lowest BCUT2D eigenvalue weighted by atomic mass is 10.2. The zero-order chi connectivity index (χ0) is 12.1. The lowest BCUT2D eigenvalue weighted by Crippen LogP contribution is -2.39. The molecule has 0 saturated carbocycles. The van der Waals surface area contributed by atoms with Crippen LogP contribution < -0.4 is 0 Å². The van der Waals surface area contributed by atoms with E-state index in [0.29, 0.717) is 0 Å². The Morgan fingerprint density at radius 2 is 1.93 bits per heavy atom. The summed E-state index contributed by atoms with van der Waals surface area (Å²) in [4.78, 5) is 11.4. The molecule has 90 valence electrons. The minimum absolute atomic E-state index is 0.0962. The molecule has 0 aromatic heterocycles. The fourth-order valence-electron chi connectivity index (χ4n) is 1.18. The topological polar surface area (TPSA) is 40.5 Å². The average Bonchev–Trinajstić information content (AvgIpc) is 1.99. The van der Waals surface area contributed by atoms with Gasteiger partial charge in [-0.15, -0.1) is 0 Å². The third-order valence-corrected chi connectivity index (χ3v) is 1.95. The van der Waals surface area contributed by atoms with Crippen LogP contribution in [0.2, 0.25) is 0 Å². The molecule has 0 aromatic rings. The Bertz CT molecular complexity index is 204. The number of carboxylic acid groups (broad SMARTS) is 1. The molecule has 6 heteroatoms. The number of carbonyl (C=O) groups is 1. The summed E-state index contributed by atoms with van der Waals surface area (Å²) in [6.45, 7) is 2.49. The summed E-state index contributed by atoms with van der Waals surface area (Å²) < 4.78 is 36.3. The van der Waals surface area contributed by atoms with E-state index in [1.165, 1.54) is 4.90 Å². The molecular weight excluding hydrogens is 211 g/mol. The molecule has 3 nitrogen and oxygen atoms in total. The first-order valence-electron chi connectivity index (χ1n) is 4.75. The SMILES string of the molecule is CC(C)N(CCCC(=O)O)CC(F)(F)F. The highest BCUT2D eigenvalue weighted by Crippen LogP contribution is 2.18. The maximum Gasteiger partial charge on any atom is 0.401 e. The van der Waals surface area contributed by atoms with E-state index in [1.54, 1.807) is 13.8 Å². The molecule has 0 atom stereocenters. The maximum atomic E-state index is 12.1. The van der Waals surface area contributed by atoms with Gasteiger partial charge in [0, 0.05) is 12.5 Å². The van der Waals surface area contributed by atoms with Gasteiger partial charge in [-0.1, -0.05) is 0 Å². The molecule has 0 aliphatic carbocycles. The average molecular weight is 227 g/mol. The van der Waals surface area contributed by atoms with Gasteiger partial charge in [0.2, 0.25) is 0 Å². The van der Waals surface area contributed by atoms with Crippen molar-refractivity contribution in [1.82, 2.24) is 4.90 Å². The lowest BCUT2D eigenvalue weighted by Gasteiger charge is -2.27. The van der Waals surface area contributed by atoms with Crippen LogP contribution in [0.15, 0.2) is 0 Å². The van der Waals surface area contributed by atoms with Gasteiger partial charge < -0.3 is 5.11 Å². The third kappa shape index (κ3) is 8.23. The monoisotopic (exact) mass is 227 g/mol. The highest BCUT2D eigenvalue weighted by Gasteiger charge is 2.31. The number of halogens is 3. The number of carboxylic acids is 1. The second-order valence-corrected chi connectivity index (χ2v) is 3.68. The molecule has 0 radical (unpaired) electrons. The predicted octanol–water partition coefficient (Wildman–Crippen LogP) is 2.12. The van der Waals surface area contributed by atoms with Crippen LogP contribution in [-0.4, -0.2) is 41.3 Å². The summed E-state index contributed by atoms with van der Waals surface area (Å²) in [7, 11) is 0. The Kier molecular flexibility index (Phi) is 5.64. The Balaban J connectivity index is 4.00. The van der Waals surface area contributed by atoms with E-state index in [0.717, 1.165) is 0 Å². The van der Waals surface area contributed by atoms with Gasteiger partial charge in [0.05, 0.1) is 6.54 Å². The smallest absolute Gasteiger partial charge is 0.401 e. The van der Waals surface area contributed by atoms with Crippen molar-refractivity contribution in [3.63, 3.8) is 0 Å². The van der Waals surface area contributed by atoms with E-state index in [1.807, 2.05) is 0 Å². The van der Waals surface area contributed by atoms with Gasteiger partial charge in [-0.3, -0.25) is 9.69 Å². The Morgan fingerprint density at radius 1 is 1.40 bits per heavy atom. The van der Waals surface area contributed by atoms with E-state index in [4.69, 9.17) is 5.11 Å². The molecule has 0 aliphatic rings. The van der Waals surface area contributed by atoms with Crippen molar-refractivity contribution in [2.45, 2.75) is 38.9 Å². The normalized spacial score (nSPS) is 12.5. The fourth-order valence-corrected chi connectivity index (χ4v) is 1.18. The number of rotatable bonds is 6. The van der Waals surface area contributed by atoms with E-state index in [9.17, 15) is 18.0 Å². The van der Waals surface area contributed by atoms with Crippen LogP contribution in [0.4, 0.5) is 13.2 Å². The fraction of sp³-hybridized carbons (Fsp3) is 0.889. The van der Waals surface area contributed by atoms with E-state index in [-0.39, 0.29) is 25.4 Å². The minimum atomic E-state index is -4.23. The summed E-state index contributed by atoms with van der Waals surface area (Å²) in [5.41, 5.74) is 0. The molecule has 0 rings (SSSR count). The van der Waals surface area contributed by atoms with Crippen LogP contribution in [0.1, 0.15) is 26.7 Å². The zero-order valence-corrected chi connectivity index (χ0v) is 8.84.